The molecule has 25 heavy (non-hydrogen) atoms. The quantitative estimate of drug-likeness (QED) is 0.867. The third kappa shape index (κ3) is 4.67. The van der Waals surface area contributed by atoms with Crippen LogP contribution in [0.4, 0.5) is 5.95 Å². The molecule has 1 atom stereocenters. The number of piperazine rings is 1. The molecular formula is C18H23ClN5O+. The number of benzene rings is 1. The van der Waals surface area contributed by atoms with Gasteiger partial charge in [-0.05, 0) is 25.1 Å². The first-order valence-corrected chi connectivity index (χ1v) is 8.90. The van der Waals surface area contributed by atoms with Gasteiger partial charge in [0, 0.05) is 49.2 Å². The highest BCUT2D eigenvalue weighted by Crippen LogP contribution is 2.14. The molecule has 1 aliphatic heterocycles. The van der Waals surface area contributed by atoms with Crippen molar-refractivity contribution < 1.29 is 10.1 Å². The molecule has 2 N–H and O–H groups in total. The summed E-state index contributed by atoms with van der Waals surface area (Å²) in [4.78, 5) is 25.0. The highest BCUT2D eigenvalue weighted by Gasteiger charge is 2.23. The van der Waals surface area contributed by atoms with Gasteiger partial charge in [0.1, 0.15) is 6.04 Å². The molecule has 0 bridgehead atoms. The molecular weight excluding hydrogens is 338 g/mol. The van der Waals surface area contributed by atoms with Crippen molar-refractivity contribution in [2.75, 3.05) is 37.6 Å². The van der Waals surface area contributed by atoms with Gasteiger partial charge in [-0.2, -0.15) is 0 Å². The Bertz CT molecular complexity index is 704. The molecule has 1 aromatic heterocycles. The van der Waals surface area contributed by atoms with Gasteiger partial charge in [-0.25, -0.2) is 9.97 Å². The molecule has 1 aliphatic rings. The maximum absolute atomic E-state index is 12.5. The minimum Gasteiger partial charge on any atom is -0.337 e. The van der Waals surface area contributed by atoms with E-state index in [1.807, 2.05) is 29.2 Å². The molecule has 0 unspecified atom stereocenters. The standard InChI is InChI=1S/C18H22ClN5O/c1-14(15-4-2-5-16(19)12-15)22-13-17(25)23-8-10-24(11-9-23)18-20-6-3-7-21-18/h2-7,12,14,22H,8-11,13H2,1H3/p+1/t14-/m1/s1. The van der Waals surface area contributed by atoms with Gasteiger partial charge in [0.2, 0.25) is 5.95 Å². The smallest absolute Gasteiger partial charge is 0.277 e. The van der Waals surface area contributed by atoms with E-state index in [4.69, 9.17) is 11.6 Å². The van der Waals surface area contributed by atoms with Crippen LogP contribution >= 0.6 is 11.6 Å². The molecule has 2 aromatic rings. The molecule has 3 rings (SSSR count). The molecule has 0 radical (unpaired) electrons. The van der Waals surface area contributed by atoms with Gasteiger partial charge in [-0.3, -0.25) is 4.79 Å². The Balaban J connectivity index is 1.46. The van der Waals surface area contributed by atoms with Crippen LogP contribution in [0.2, 0.25) is 5.02 Å². The lowest BCUT2D eigenvalue weighted by Crippen LogP contribution is -2.87. The highest BCUT2D eigenvalue weighted by atomic mass is 35.5. The van der Waals surface area contributed by atoms with Gasteiger partial charge in [-0.15, -0.1) is 0 Å². The van der Waals surface area contributed by atoms with Crippen molar-refractivity contribution in [2.45, 2.75) is 13.0 Å². The van der Waals surface area contributed by atoms with Gasteiger partial charge in [0.15, 0.2) is 6.54 Å². The summed E-state index contributed by atoms with van der Waals surface area (Å²) in [5.74, 6) is 0.901. The van der Waals surface area contributed by atoms with Crippen LogP contribution in [0.25, 0.3) is 0 Å². The Morgan fingerprint density at radius 2 is 1.92 bits per heavy atom. The van der Waals surface area contributed by atoms with Crippen molar-refractivity contribution in [3.8, 4) is 0 Å². The SMILES string of the molecule is C[C@@H]([NH2+]CC(=O)N1CCN(c2ncccn2)CC1)c1cccc(Cl)c1. The third-order valence-electron chi connectivity index (χ3n) is 4.49. The van der Waals surface area contributed by atoms with E-state index >= 15 is 0 Å². The van der Waals surface area contributed by atoms with Gasteiger partial charge in [0.05, 0.1) is 0 Å². The van der Waals surface area contributed by atoms with Crippen LogP contribution in [-0.2, 0) is 4.79 Å². The average molecular weight is 361 g/mol. The lowest BCUT2D eigenvalue weighted by Gasteiger charge is -2.34. The van der Waals surface area contributed by atoms with Crippen molar-refractivity contribution in [3.05, 3.63) is 53.3 Å². The number of hydrogen-bond acceptors (Lipinski definition) is 4. The van der Waals surface area contributed by atoms with Crippen LogP contribution < -0.4 is 10.2 Å². The number of carbonyl (C=O) groups excluding carboxylic acids is 1. The Labute approximate surface area is 152 Å². The molecule has 1 amide bonds. The summed E-state index contributed by atoms with van der Waals surface area (Å²) >= 11 is 6.03. The first kappa shape index (κ1) is 17.6. The zero-order valence-electron chi connectivity index (χ0n) is 14.3. The monoisotopic (exact) mass is 360 g/mol. The maximum Gasteiger partial charge on any atom is 0.277 e. The number of rotatable bonds is 5. The maximum atomic E-state index is 12.5. The first-order valence-electron chi connectivity index (χ1n) is 8.52. The lowest BCUT2D eigenvalue weighted by molar-refractivity contribution is -0.683. The van der Waals surface area contributed by atoms with Crippen LogP contribution in [-0.4, -0.2) is 53.5 Å². The van der Waals surface area contributed by atoms with Crippen molar-refractivity contribution in [2.24, 2.45) is 0 Å². The third-order valence-corrected chi connectivity index (χ3v) is 4.72. The van der Waals surface area contributed by atoms with Crippen LogP contribution in [0.5, 0.6) is 0 Å². The second-order valence-electron chi connectivity index (χ2n) is 6.20. The highest BCUT2D eigenvalue weighted by molar-refractivity contribution is 6.30. The van der Waals surface area contributed by atoms with Gasteiger partial charge >= 0.3 is 0 Å². The minimum atomic E-state index is 0.169. The van der Waals surface area contributed by atoms with E-state index in [9.17, 15) is 4.79 Å². The van der Waals surface area contributed by atoms with Crippen LogP contribution in [0.15, 0.2) is 42.7 Å². The normalized spacial score (nSPS) is 15.9. The van der Waals surface area contributed by atoms with E-state index in [1.165, 1.54) is 0 Å². The van der Waals surface area contributed by atoms with Crippen LogP contribution in [0.3, 0.4) is 0 Å². The Hall–Kier alpha value is -2.18. The van der Waals surface area contributed by atoms with E-state index in [2.05, 4.69) is 27.1 Å². The predicted octanol–water partition coefficient (Wildman–Crippen LogP) is 1.10. The Kier molecular flexibility index (Phi) is 5.83. The van der Waals surface area contributed by atoms with Crippen molar-refractivity contribution >= 4 is 23.5 Å². The number of amides is 1. The van der Waals surface area contributed by atoms with Crippen LogP contribution in [0, 0.1) is 0 Å². The number of nitrogens with two attached hydrogens (primary N) is 1. The second kappa shape index (κ2) is 8.27. The van der Waals surface area contributed by atoms with E-state index in [0.29, 0.717) is 19.6 Å². The summed E-state index contributed by atoms with van der Waals surface area (Å²) < 4.78 is 0. The van der Waals surface area contributed by atoms with Gasteiger partial charge < -0.3 is 15.1 Å². The lowest BCUT2D eigenvalue weighted by atomic mass is 10.1. The van der Waals surface area contributed by atoms with Gasteiger partial charge in [-0.1, -0.05) is 23.7 Å². The fourth-order valence-electron chi connectivity index (χ4n) is 2.94. The molecule has 2 heterocycles. The fraction of sp³-hybridized carbons (Fsp3) is 0.389. The first-order chi connectivity index (χ1) is 12.1. The van der Waals surface area contributed by atoms with Gasteiger partial charge in [0.25, 0.3) is 5.91 Å². The number of anilines is 1. The number of quaternary nitrogens is 1. The average Bonchev–Trinajstić information content (AvgIpc) is 2.66. The molecule has 0 saturated carbocycles. The molecule has 1 fully saturated rings. The summed E-state index contributed by atoms with van der Waals surface area (Å²) in [5.41, 5.74) is 1.13. The number of nitrogens with zero attached hydrogens (tertiary/aromatic N) is 4. The topological polar surface area (TPSA) is 65.9 Å². The summed E-state index contributed by atoms with van der Waals surface area (Å²) in [7, 11) is 0. The molecule has 0 spiro atoms. The summed E-state index contributed by atoms with van der Waals surface area (Å²) in [5, 5.41) is 2.78. The van der Waals surface area contributed by atoms with E-state index < -0.39 is 0 Å². The number of hydrogen-bond donors (Lipinski definition) is 1. The molecule has 7 heteroatoms. The van der Waals surface area contributed by atoms with Crippen molar-refractivity contribution in [3.63, 3.8) is 0 Å². The summed E-state index contributed by atoms with van der Waals surface area (Å²) in [6.07, 6.45) is 3.48. The second-order valence-corrected chi connectivity index (χ2v) is 6.64. The number of carbonyl (C=O) groups is 1. The zero-order valence-corrected chi connectivity index (χ0v) is 15.1. The molecule has 6 nitrogen and oxygen atoms in total. The summed E-state index contributed by atoms with van der Waals surface area (Å²) in [6, 6.07) is 9.79. The largest absolute Gasteiger partial charge is 0.337 e. The molecule has 132 valence electrons. The number of aromatic nitrogens is 2. The van der Waals surface area contributed by atoms with E-state index in [-0.39, 0.29) is 11.9 Å². The molecule has 0 aliphatic carbocycles. The minimum absolute atomic E-state index is 0.169. The van der Waals surface area contributed by atoms with Crippen LogP contribution in [0.1, 0.15) is 18.5 Å². The predicted molar refractivity (Wildman–Crippen MR) is 97.5 cm³/mol. The number of halogens is 1. The molecule has 1 saturated heterocycles. The van der Waals surface area contributed by atoms with E-state index in [0.717, 1.165) is 29.6 Å². The Morgan fingerprint density at radius 1 is 1.20 bits per heavy atom. The fourth-order valence-corrected chi connectivity index (χ4v) is 3.14. The van der Waals surface area contributed by atoms with Crippen molar-refractivity contribution in [1.82, 2.24) is 14.9 Å². The molecule has 1 aromatic carbocycles. The summed E-state index contributed by atoms with van der Waals surface area (Å²) in [6.45, 7) is 5.46. The van der Waals surface area contributed by atoms with Crippen molar-refractivity contribution in [1.29, 1.82) is 0 Å². The zero-order chi connectivity index (χ0) is 17.6. The van der Waals surface area contributed by atoms with E-state index in [1.54, 1.807) is 18.5 Å². The Morgan fingerprint density at radius 3 is 2.60 bits per heavy atom.